The number of hydrogen-bond acceptors (Lipinski definition) is 1. The van der Waals surface area contributed by atoms with Gasteiger partial charge in [-0.1, -0.05) is 33.6 Å². The zero-order chi connectivity index (χ0) is 11.7. The van der Waals surface area contributed by atoms with Gasteiger partial charge in [0.2, 0.25) is 5.91 Å². The van der Waals surface area contributed by atoms with Gasteiger partial charge in [-0.25, -0.2) is 0 Å². The van der Waals surface area contributed by atoms with Crippen molar-refractivity contribution in [1.82, 2.24) is 5.32 Å². The summed E-state index contributed by atoms with van der Waals surface area (Å²) in [7, 11) is 0. The Morgan fingerprint density at radius 2 is 2.07 bits per heavy atom. The Hall–Kier alpha value is -0.240. The third-order valence-corrected chi connectivity index (χ3v) is 3.18. The molecule has 15 heavy (non-hydrogen) atoms. The number of alkyl halides is 1. The molecule has 0 bridgehead atoms. The highest BCUT2D eigenvalue weighted by Gasteiger charge is 2.15. The zero-order valence-electron chi connectivity index (χ0n) is 10.2. The third kappa shape index (κ3) is 6.77. The Morgan fingerprint density at radius 1 is 1.40 bits per heavy atom. The molecule has 0 saturated carbocycles. The Labute approximate surface area is 98.8 Å². The van der Waals surface area contributed by atoms with Crippen molar-refractivity contribution in [2.75, 3.05) is 12.4 Å². The van der Waals surface area contributed by atoms with Crippen LogP contribution in [0.15, 0.2) is 0 Å². The average Bonchev–Trinajstić information content (AvgIpc) is 2.26. The minimum Gasteiger partial charge on any atom is -0.356 e. The second-order valence-electron chi connectivity index (χ2n) is 4.25. The van der Waals surface area contributed by atoms with Crippen LogP contribution in [0.1, 0.15) is 46.5 Å². The SMILES string of the molecule is CCCCC(CC)C(=O)NCC(C)CCl. The summed E-state index contributed by atoms with van der Waals surface area (Å²) >= 11 is 5.68. The molecule has 0 rings (SSSR count). The van der Waals surface area contributed by atoms with E-state index in [1.54, 1.807) is 0 Å². The molecule has 0 aromatic heterocycles. The largest absolute Gasteiger partial charge is 0.356 e. The minimum atomic E-state index is 0.187. The molecule has 0 radical (unpaired) electrons. The summed E-state index contributed by atoms with van der Waals surface area (Å²) in [6, 6.07) is 0. The van der Waals surface area contributed by atoms with Crippen LogP contribution in [0.5, 0.6) is 0 Å². The van der Waals surface area contributed by atoms with E-state index in [0.717, 1.165) is 25.7 Å². The summed E-state index contributed by atoms with van der Waals surface area (Å²) in [6.07, 6.45) is 4.23. The molecule has 90 valence electrons. The number of halogens is 1. The molecule has 2 atom stereocenters. The maximum atomic E-state index is 11.7. The Morgan fingerprint density at radius 3 is 2.53 bits per heavy atom. The Kier molecular flexibility index (Phi) is 8.88. The fourth-order valence-corrected chi connectivity index (χ4v) is 1.55. The van der Waals surface area contributed by atoms with Gasteiger partial charge in [-0.05, 0) is 18.8 Å². The molecule has 1 amide bonds. The molecule has 0 aliphatic rings. The maximum Gasteiger partial charge on any atom is 0.223 e. The van der Waals surface area contributed by atoms with Crippen molar-refractivity contribution in [1.29, 1.82) is 0 Å². The van der Waals surface area contributed by atoms with Crippen molar-refractivity contribution in [2.24, 2.45) is 11.8 Å². The van der Waals surface area contributed by atoms with Gasteiger partial charge in [0.15, 0.2) is 0 Å². The topological polar surface area (TPSA) is 29.1 Å². The van der Waals surface area contributed by atoms with Crippen molar-refractivity contribution < 1.29 is 4.79 Å². The highest BCUT2D eigenvalue weighted by atomic mass is 35.5. The summed E-state index contributed by atoms with van der Waals surface area (Å²) in [5.74, 6) is 1.35. The molecule has 3 heteroatoms. The maximum absolute atomic E-state index is 11.7. The first-order valence-corrected chi connectivity index (χ1v) is 6.52. The van der Waals surface area contributed by atoms with E-state index >= 15 is 0 Å². The first-order valence-electron chi connectivity index (χ1n) is 5.99. The smallest absolute Gasteiger partial charge is 0.223 e. The molecule has 0 aliphatic carbocycles. The second kappa shape index (κ2) is 9.02. The van der Waals surface area contributed by atoms with Crippen molar-refractivity contribution in [3.63, 3.8) is 0 Å². The molecule has 0 aromatic carbocycles. The van der Waals surface area contributed by atoms with Gasteiger partial charge in [-0.2, -0.15) is 0 Å². The lowest BCUT2D eigenvalue weighted by Crippen LogP contribution is -2.34. The highest BCUT2D eigenvalue weighted by molar-refractivity contribution is 6.18. The molecule has 1 N–H and O–H groups in total. The van der Waals surface area contributed by atoms with E-state index in [1.165, 1.54) is 0 Å². The minimum absolute atomic E-state index is 0.187. The second-order valence-corrected chi connectivity index (χ2v) is 4.56. The van der Waals surface area contributed by atoms with Gasteiger partial charge in [0.05, 0.1) is 0 Å². The molecule has 0 saturated heterocycles. The van der Waals surface area contributed by atoms with Crippen molar-refractivity contribution in [2.45, 2.75) is 46.5 Å². The Balaban J connectivity index is 3.82. The fraction of sp³-hybridized carbons (Fsp3) is 0.917. The zero-order valence-corrected chi connectivity index (χ0v) is 10.9. The monoisotopic (exact) mass is 233 g/mol. The first kappa shape index (κ1) is 14.8. The summed E-state index contributed by atoms with van der Waals surface area (Å²) < 4.78 is 0. The number of amides is 1. The summed E-state index contributed by atoms with van der Waals surface area (Å²) in [6.45, 7) is 6.97. The third-order valence-electron chi connectivity index (χ3n) is 2.66. The van der Waals surface area contributed by atoms with Crippen LogP contribution < -0.4 is 5.32 Å². The number of hydrogen-bond donors (Lipinski definition) is 1. The van der Waals surface area contributed by atoms with Crippen molar-refractivity contribution in [3.05, 3.63) is 0 Å². The van der Waals surface area contributed by atoms with Gasteiger partial charge >= 0.3 is 0 Å². The lowest BCUT2D eigenvalue weighted by Gasteiger charge is -2.16. The summed E-state index contributed by atoms with van der Waals surface area (Å²) in [4.78, 5) is 11.7. The Bertz CT molecular complexity index is 173. The van der Waals surface area contributed by atoms with E-state index in [9.17, 15) is 4.79 Å². The van der Waals surface area contributed by atoms with Crippen LogP contribution >= 0.6 is 11.6 Å². The van der Waals surface area contributed by atoms with E-state index in [4.69, 9.17) is 11.6 Å². The van der Waals surface area contributed by atoms with Crippen molar-refractivity contribution in [3.8, 4) is 0 Å². The lowest BCUT2D eigenvalue weighted by molar-refractivity contribution is -0.125. The molecule has 2 unspecified atom stereocenters. The summed E-state index contributed by atoms with van der Waals surface area (Å²) in [5, 5.41) is 2.97. The standard InChI is InChI=1S/C12H24ClNO/c1-4-6-7-11(5-2)12(15)14-9-10(3)8-13/h10-11H,4-9H2,1-3H3,(H,14,15). The van der Waals surface area contributed by atoms with E-state index in [0.29, 0.717) is 18.3 Å². The molecular weight excluding hydrogens is 210 g/mol. The van der Waals surface area contributed by atoms with Gasteiger partial charge in [0, 0.05) is 18.3 Å². The number of carbonyl (C=O) groups is 1. The highest BCUT2D eigenvalue weighted by Crippen LogP contribution is 2.12. The molecule has 2 nitrogen and oxygen atoms in total. The van der Waals surface area contributed by atoms with Crippen LogP contribution in [-0.4, -0.2) is 18.3 Å². The van der Waals surface area contributed by atoms with E-state index in [-0.39, 0.29) is 11.8 Å². The number of carbonyl (C=O) groups excluding carboxylic acids is 1. The van der Waals surface area contributed by atoms with Crippen LogP contribution in [0.4, 0.5) is 0 Å². The van der Waals surface area contributed by atoms with Gasteiger partial charge < -0.3 is 5.32 Å². The van der Waals surface area contributed by atoms with Crippen LogP contribution in [-0.2, 0) is 4.79 Å². The summed E-state index contributed by atoms with van der Waals surface area (Å²) in [5.41, 5.74) is 0. The molecule has 0 aromatic rings. The predicted octanol–water partition coefficient (Wildman–Crippen LogP) is 3.19. The van der Waals surface area contributed by atoms with E-state index in [2.05, 4.69) is 19.2 Å². The van der Waals surface area contributed by atoms with Gasteiger partial charge in [-0.3, -0.25) is 4.79 Å². The number of unbranched alkanes of at least 4 members (excludes halogenated alkanes) is 1. The molecule has 0 heterocycles. The quantitative estimate of drug-likeness (QED) is 0.641. The van der Waals surface area contributed by atoms with E-state index in [1.807, 2.05) is 6.92 Å². The van der Waals surface area contributed by atoms with Crippen LogP contribution in [0.3, 0.4) is 0 Å². The average molecular weight is 234 g/mol. The normalized spacial score (nSPS) is 14.7. The van der Waals surface area contributed by atoms with Gasteiger partial charge in [0.25, 0.3) is 0 Å². The van der Waals surface area contributed by atoms with Gasteiger partial charge in [0.1, 0.15) is 0 Å². The van der Waals surface area contributed by atoms with E-state index < -0.39 is 0 Å². The number of nitrogens with one attached hydrogen (secondary N) is 1. The van der Waals surface area contributed by atoms with Crippen LogP contribution in [0.25, 0.3) is 0 Å². The number of rotatable bonds is 8. The van der Waals surface area contributed by atoms with Crippen molar-refractivity contribution >= 4 is 17.5 Å². The van der Waals surface area contributed by atoms with Crippen LogP contribution in [0, 0.1) is 11.8 Å². The molecular formula is C12H24ClNO. The molecule has 0 spiro atoms. The predicted molar refractivity (Wildman–Crippen MR) is 66.2 cm³/mol. The fourth-order valence-electron chi connectivity index (χ4n) is 1.44. The first-order chi connectivity index (χ1) is 7.15. The molecule has 0 aliphatic heterocycles. The van der Waals surface area contributed by atoms with Gasteiger partial charge in [-0.15, -0.1) is 11.6 Å². The van der Waals surface area contributed by atoms with Crippen LogP contribution in [0.2, 0.25) is 0 Å². The lowest BCUT2D eigenvalue weighted by atomic mass is 9.98. The molecule has 0 fully saturated rings.